The summed E-state index contributed by atoms with van der Waals surface area (Å²) in [5.74, 6) is -3.00. The van der Waals surface area contributed by atoms with E-state index in [9.17, 15) is 29.7 Å². The third-order valence-electron chi connectivity index (χ3n) is 10.9. The van der Waals surface area contributed by atoms with Crippen molar-refractivity contribution in [3.05, 3.63) is 34.9 Å². The fourth-order valence-corrected chi connectivity index (χ4v) is 8.39. The molecule has 39 heavy (non-hydrogen) atoms. The van der Waals surface area contributed by atoms with Gasteiger partial charge in [0.05, 0.1) is 6.10 Å². The van der Waals surface area contributed by atoms with Crippen LogP contribution in [-0.4, -0.2) is 62.6 Å². The average Bonchev–Trinajstić information content (AvgIpc) is 3.18. The van der Waals surface area contributed by atoms with Gasteiger partial charge in [-0.2, -0.15) is 0 Å². The highest BCUT2D eigenvalue weighted by Gasteiger charge is 2.81. The fraction of sp³-hybridized carbons (Fsp3) is 0.710. The van der Waals surface area contributed by atoms with Crippen LogP contribution < -0.4 is 0 Å². The van der Waals surface area contributed by atoms with Crippen molar-refractivity contribution in [3.8, 4) is 0 Å². The number of allylic oxidation sites excluding steroid dienone is 3. The van der Waals surface area contributed by atoms with E-state index in [1.54, 1.807) is 46.8 Å². The zero-order valence-electron chi connectivity index (χ0n) is 24.2. The first-order chi connectivity index (χ1) is 18.1. The van der Waals surface area contributed by atoms with Gasteiger partial charge in [-0.05, 0) is 78.6 Å². The quantitative estimate of drug-likeness (QED) is 0.271. The Balaban J connectivity index is 2.01. The van der Waals surface area contributed by atoms with Crippen molar-refractivity contribution in [2.75, 3.05) is 0 Å². The predicted molar refractivity (Wildman–Crippen MR) is 144 cm³/mol. The van der Waals surface area contributed by atoms with Gasteiger partial charge in [-0.15, -0.1) is 0 Å². The van der Waals surface area contributed by atoms with E-state index in [-0.39, 0.29) is 18.6 Å². The van der Waals surface area contributed by atoms with Crippen LogP contribution in [0.5, 0.6) is 0 Å². The molecule has 0 saturated heterocycles. The van der Waals surface area contributed by atoms with Crippen molar-refractivity contribution < 1.29 is 39.2 Å². The maximum atomic E-state index is 13.3. The second kappa shape index (κ2) is 9.96. The molecule has 4 aliphatic rings. The standard InChI is InChI=1S/C31H44O8/c1-8-17(3)26(34)38-23-24-28(6)13-11-21(33)16-20(28)10-14-30(24,36)31(37)15-12-22(19(5)32)29(31,7)25(23)39-27(35)18(4)9-2/h8-9,16,21-25,33,36-37H,10-15H2,1-7H3. The van der Waals surface area contributed by atoms with E-state index in [1.165, 1.54) is 6.92 Å². The number of carbonyl (C=O) groups excluding carboxylic acids is 3. The summed E-state index contributed by atoms with van der Waals surface area (Å²) in [6, 6.07) is 0. The number of hydrogen-bond acceptors (Lipinski definition) is 8. The first-order valence-corrected chi connectivity index (χ1v) is 14.1. The van der Waals surface area contributed by atoms with Gasteiger partial charge >= 0.3 is 11.9 Å². The highest BCUT2D eigenvalue weighted by Crippen LogP contribution is 2.71. The molecule has 8 nitrogen and oxygen atoms in total. The van der Waals surface area contributed by atoms with E-state index in [0.717, 1.165) is 5.57 Å². The largest absolute Gasteiger partial charge is 0.455 e. The number of ether oxygens (including phenoxy) is 2. The van der Waals surface area contributed by atoms with Crippen LogP contribution in [0.3, 0.4) is 0 Å². The summed E-state index contributed by atoms with van der Waals surface area (Å²) in [7, 11) is 0. The molecule has 8 heteroatoms. The molecular formula is C31H44O8. The second-order valence-electron chi connectivity index (χ2n) is 12.6. The molecule has 0 amide bonds. The van der Waals surface area contributed by atoms with Crippen molar-refractivity contribution in [3.63, 3.8) is 0 Å². The molecule has 0 radical (unpaired) electrons. The van der Waals surface area contributed by atoms with E-state index >= 15 is 0 Å². The SMILES string of the molecule is CC=C(C)C(=O)OC1C2C3(C)CCC(O)C=C3CCC2(O)C2(O)CCC(C(C)=O)C2(C)C1OC(=O)C(C)=CC. The van der Waals surface area contributed by atoms with Gasteiger partial charge in [0.15, 0.2) is 0 Å². The molecule has 4 rings (SSSR count). The van der Waals surface area contributed by atoms with Gasteiger partial charge < -0.3 is 24.8 Å². The van der Waals surface area contributed by atoms with Crippen LogP contribution in [0.2, 0.25) is 0 Å². The van der Waals surface area contributed by atoms with Crippen LogP contribution in [-0.2, 0) is 23.9 Å². The average molecular weight is 545 g/mol. The molecule has 9 unspecified atom stereocenters. The fourth-order valence-electron chi connectivity index (χ4n) is 8.39. The summed E-state index contributed by atoms with van der Waals surface area (Å²) in [5, 5.41) is 35.8. The van der Waals surface area contributed by atoms with Crippen LogP contribution in [0, 0.1) is 22.7 Å². The molecule has 0 heterocycles. The minimum atomic E-state index is -1.79. The van der Waals surface area contributed by atoms with Crippen molar-refractivity contribution in [1.82, 2.24) is 0 Å². The third-order valence-corrected chi connectivity index (χ3v) is 10.9. The summed E-state index contributed by atoms with van der Waals surface area (Å²) in [6.07, 6.45) is 4.05. The molecule has 0 aromatic heterocycles. The molecule has 0 aliphatic heterocycles. The molecule has 3 N–H and O–H groups in total. The van der Waals surface area contributed by atoms with Gasteiger partial charge in [0, 0.05) is 28.4 Å². The van der Waals surface area contributed by atoms with Gasteiger partial charge in [0.1, 0.15) is 29.2 Å². The Morgan fingerprint density at radius 1 is 0.923 bits per heavy atom. The van der Waals surface area contributed by atoms with Crippen molar-refractivity contribution in [2.45, 2.75) is 117 Å². The lowest BCUT2D eigenvalue weighted by atomic mass is 9.41. The summed E-state index contributed by atoms with van der Waals surface area (Å²) in [5.41, 5.74) is -4.09. The number of carbonyl (C=O) groups is 3. The number of hydrogen-bond donors (Lipinski definition) is 3. The summed E-state index contributed by atoms with van der Waals surface area (Å²) < 4.78 is 12.4. The van der Waals surface area contributed by atoms with Gasteiger partial charge in [-0.25, -0.2) is 9.59 Å². The number of ketones is 1. The van der Waals surface area contributed by atoms with Crippen LogP contribution in [0.1, 0.15) is 87.0 Å². The molecule has 0 aromatic carbocycles. The van der Waals surface area contributed by atoms with Gasteiger partial charge in [0.25, 0.3) is 0 Å². The highest BCUT2D eigenvalue weighted by molar-refractivity contribution is 5.89. The van der Waals surface area contributed by atoms with Crippen LogP contribution in [0.15, 0.2) is 34.9 Å². The van der Waals surface area contributed by atoms with Crippen LogP contribution in [0.4, 0.5) is 0 Å². The van der Waals surface area contributed by atoms with Gasteiger partial charge in [-0.1, -0.05) is 37.6 Å². The number of Topliss-reactive ketones (excluding diaryl/α,β-unsaturated/α-hetero) is 1. The molecular weight excluding hydrogens is 500 g/mol. The van der Waals surface area contributed by atoms with E-state index in [4.69, 9.17) is 9.47 Å². The lowest BCUT2D eigenvalue weighted by molar-refractivity contribution is -0.333. The summed E-state index contributed by atoms with van der Waals surface area (Å²) >= 11 is 0. The zero-order chi connectivity index (χ0) is 29.1. The molecule has 0 spiro atoms. The molecule has 3 fully saturated rings. The lowest BCUT2D eigenvalue weighted by Crippen LogP contribution is -2.80. The molecule has 0 bridgehead atoms. The minimum Gasteiger partial charge on any atom is -0.455 e. The smallest absolute Gasteiger partial charge is 0.333 e. The Hall–Kier alpha value is -2.29. The Bertz CT molecular complexity index is 1150. The first-order valence-electron chi connectivity index (χ1n) is 14.1. The highest BCUT2D eigenvalue weighted by atomic mass is 16.6. The van der Waals surface area contributed by atoms with Crippen molar-refractivity contribution in [1.29, 1.82) is 0 Å². The summed E-state index contributed by atoms with van der Waals surface area (Å²) in [6.45, 7) is 11.8. The van der Waals surface area contributed by atoms with Crippen molar-refractivity contribution >= 4 is 17.7 Å². The Kier molecular flexibility index (Phi) is 7.58. The molecule has 216 valence electrons. The molecule has 0 aromatic rings. The summed E-state index contributed by atoms with van der Waals surface area (Å²) in [4.78, 5) is 39.7. The van der Waals surface area contributed by atoms with Gasteiger partial charge in [0.2, 0.25) is 0 Å². The van der Waals surface area contributed by atoms with E-state index < -0.39 is 64.1 Å². The Morgan fingerprint density at radius 3 is 2.08 bits per heavy atom. The number of rotatable bonds is 5. The minimum absolute atomic E-state index is 0.143. The number of fused-ring (bicyclic) bond motifs is 5. The lowest BCUT2D eigenvalue weighted by Gasteiger charge is -2.68. The Morgan fingerprint density at radius 2 is 1.51 bits per heavy atom. The zero-order valence-corrected chi connectivity index (χ0v) is 24.2. The van der Waals surface area contributed by atoms with E-state index in [0.29, 0.717) is 36.8 Å². The Labute approximate surface area is 231 Å². The number of aliphatic hydroxyl groups is 3. The maximum absolute atomic E-state index is 13.3. The second-order valence-corrected chi connectivity index (χ2v) is 12.6. The normalized spacial score (nSPS) is 43.9. The van der Waals surface area contributed by atoms with E-state index in [1.807, 2.05) is 13.0 Å². The topological polar surface area (TPSA) is 130 Å². The first kappa shape index (κ1) is 29.7. The third kappa shape index (κ3) is 4.08. The molecule has 4 aliphatic carbocycles. The number of esters is 2. The van der Waals surface area contributed by atoms with Crippen molar-refractivity contribution in [2.24, 2.45) is 22.7 Å². The van der Waals surface area contributed by atoms with Gasteiger partial charge in [-0.3, -0.25) is 4.79 Å². The van der Waals surface area contributed by atoms with Crippen LogP contribution >= 0.6 is 0 Å². The number of aliphatic hydroxyl groups excluding tert-OH is 1. The molecule has 9 atom stereocenters. The maximum Gasteiger partial charge on any atom is 0.333 e. The predicted octanol–water partition coefficient (Wildman–Crippen LogP) is 3.72. The van der Waals surface area contributed by atoms with Crippen LogP contribution in [0.25, 0.3) is 0 Å². The molecule has 3 saturated carbocycles. The monoisotopic (exact) mass is 544 g/mol. The van der Waals surface area contributed by atoms with E-state index in [2.05, 4.69) is 0 Å².